The largest absolute Gasteiger partial charge is 0.351 e. The predicted molar refractivity (Wildman–Crippen MR) is 137 cm³/mol. The first kappa shape index (κ1) is 27.9. The van der Waals surface area contributed by atoms with Gasteiger partial charge >= 0.3 is 0 Å². The molecule has 1 aliphatic heterocycles. The van der Waals surface area contributed by atoms with E-state index in [0.29, 0.717) is 30.6 Å². The van der Waals surface area contributed by atoms with Crippen molar-refractivity contribution in [1.82, 2.24) is 19.9 Å². The topological polar surface area (TPSA) is 104 Å². The van der Waals surface area contributed by atoms with Crippen molar-refractivity contribution in [2.24, 2.45) is 0 Å². The maximum Gasteiger partial charge on any atom is 0.292 e. The molecule has 1 unspecified atom stereocenters. The summed E-state index contributed by atoms with van der Waals surface area (Å²) in [6.45, 7) is 8.23. The van der Waals surface area contributed by atoms with E-state index in [9.17, 15) is 18.0 Å². The first-order chi connectivity index (χ1) is 17.2. The van der Waals surface area contributed by atoms with E-state index in [-0.39, 0.29) is 24.1 Å². The van der Waals surface area contributed by atoms with E-state index in [0.717, 1.165) is 50.8 Å². The molecule has 36 heavy (non-hydrogen) atoms. The Hall–Kier alpha value is -2.72. The molecule has 0 N–H and O–H groups in total. The number of rotatable bonds is 12. The average molecular weight is 519 g/mol. The zero-order chi connectivity index (χ0) is 26.1. The van der Waals surface area contributed by atoms with Crippen molar-refractivity contribution in [2.45, 2.75) is 56.9 Å². The van der Waals surface area contributed by atoms with Crippen LogP contribution >= 0.6 is 0 Å². The Labute approximate surface area is 214 Å². The van der Waals surface area contributed by atoms with E-state index in [1.165, 1.54) is 23.4 Å². The highest BCUT2D eigenvalue weighted by Gasteiger charge is 2.27. The fourth-order valence-electron chi connectivity index (χ4n) is 4.61. The Balaban J connectivity index is 1.45. The van der Waals surface area contributed by atoms with Gasteiger partial charge < -0.3 is 19.2 Å². The monoisotopic (exact) mass is 518 g/mol. The summed E-state index contributed by atoms with van der Waals surface area (Å²) in [5, 5.41) is 3.58. The Morgan fingerprint density at radius 2 is 1.89 bits per heavy atom. The number of aromatic nitrogens is 1. The molecule has 9 nitrogen and oxygen atoms in total. The molecule has 1 atom stereocenters. The van der Waals surface area contributed by atoms with Crippen LogP contribution in [0.25, 0.3) is 0 Å². The highest BCUT2D eigenvalue weighted by molar-refractivity contribution is 7.90. The number of hydrogen-bond acceptors (Lipinski definition) is 7. The summed E-state index contributed by atoms with van der Waals surface area (Å²) >= 11 is 0. The molecule has 0 saturated carbocycles. The van der Waals surface area contributed by atoms with E-state index in [2.05, 4.69) is 23.9 Å². The molecule has 3 rings (SSSR count). The smallest absolute Gasteiger partial charge is 0.292 e. The van der Waals surface area contributed by atoms with Crippen molar-refractivity contribution in [1.29, 1.82) is 0 Å². The lowest BCUT2D eigenvalue weighted by Crippen LogP contribution is -2.40. The molecule has 0 radical (unpaired) electrons. The van der Waals surface area contributed by atoms with Crippen LogP contribution < -0.4 is 0 Å². The first-order valence-electron chi connectivity index (χ1n) is 12.7. The number of amides is 2. The van der Waals surface area contributed by atoms with Gasteiger partial charge in [-0.25, -0.2) is 8.42 Å². The Bertz CT molecular complexity index is 1090. The van der Waals surface area contributed by atoms with Crippen LogP contribution in [0.3, 0.4) is 0 Å². The molecule has 198 valence electrons. The van der Waals surface area contributed by atoms with Crippen LogP contribution in [0.4, 0.5) is 0 Å². The number of hydrogen-bond donors (Lipinski definition) is 0. The van der Waals surface area contributed by atoms with Crippen LogP contribution in [0.2, 0.25) is 0 Å². The lowest BCUT2D eigenvalue weighted by Gasteiger charge is -2.29. The maximum atomic E-state index is 12.8. The third-order valence-electron chi connectivity index (χ3n) is 6.61. The van der Waals surface area contributed by atoms with E-state index >= 15 is 0 Å². The van der Waals surface area contributed by atoms with Gasteiger partial charge in [0, 0.05) is 38.0 Å². The molecule has 2 amide bonds. The second-order valence-electron chi connectivity index (χ2n) is 9.55. The molecule has 1 aromatic heterocycles. The average Bonchev–Trinajstić information content (AvgIpc) is 3.31. The van der Waals surface area contributed by atoms with Crippen LogP contribution in [-0.4, -0.2) is 91.7 Å². The summed E-state index contributed by atoms with van der Waals surface area (Å²) < 4.78 is 28.4. The number of sulfone groups is 1. The third-order valence-corrected chi connectivity index (χ3v) is 7.74. The normalized spacial score (nSPS) is 15.8. The molecule has 1 saturated heterocycles. The van der Waals surface area contributed by atoms with Crippen molar-refractivity contribution in [3.8, 4) is 0 Å². The minimum absolute atomic E-state index is 0.0308. The predicted octanol–water partition coefficient (Wildman–Crippen LogP) is 2.88. The minimum atomic E-state index is -3.19. The van der Waals surface area contributed by atoms with Gasteiger partial charge in [-0.2, -0.15) is 0 Å². The molecular weight excluding hydrogens is 480 g/mol. The number of unbranched alkanes of at least 4 members (excludes halogenated alkanes) is 1. The van der Waals surface area contributed by atoms with Crippen LogP contribution in [0.15, 0.2) is 45.9 Å². The van der Waals surface area contributed by atoms with Gasteiger partial charge in [-0.3, -0.25) is 9.59 Å². The summed E-state index contributed by atoms with van der Waals surface area (Å²) in [4.78, 5) is 31.5. The molecule has 10 heteroatoms. The molecular formula is C26H38N4O5S. The Morgan fingerprint density at radius 3 is 2.53 bits per heavy atom. The van der Waals surface area contributed by atoms with E-state index in [4.69, 9.17) is 4.52 Å². The number of nitrogens with zero attached hydrogens (tertiary/aromatic N) is 4. The third kappa shape index (κ3) is 7.89. The van der Waals surface area contributed by atoms with Crippen molar-refractivity contribution < 1.29 is 22.5 Å². The van der Waals surface area contributed by atoms with Crippen LogP contribution in [0, 0.1) is 0 Å². The van der Waals surface area contributed by atoms with E-state index in [1.54, 1.807) is 12.1 Å². The van der Waals surface area contributed by atoms with Gasteiger partial charge in [-0.15, -0.1) is 0 Å². The fraction of sp³-hybridized carbons (Fsp3) is 0.577. The fourth-order valence-corrected chi connectivity index (χ4v) is 5.24. The zero-order valence-corrected chi connectivity index (χ0v) is 22.4. The Morgan fingerprint density at radius 1 is 1.14 bits per heavy atom. The van der Waals surface area contributed by atoms with Crippen molar-refractivity contribution >= 4 is 21.7 Å². The molecule has 2 heterocycles. The summed E-state index contributed by atoms with van der Waals surface area (Å²) in [6.07, 6.45) is 7.17. The van der Waals surface area contributed by atoms with Crippen LogP contribution in [-0.2, 0) is 21.1 Å². The number of carbonyl (C=O) groups excluding carboxylic acids is 2. The van der Waals surface area contributed by atoms with Crippen LogP contribution in [0.5, 0.6) is 0 Å². The van der Waals surface area contributed by atoms with Gasteiger partial charge in [0.15, 0.2) is 9.84 Å². The van der Waals surface area contributed by atoms with Crippen molar-refractivity contribution in [3.05, 3.63) is 47.9 Å². The molecule has 1 aromatic carbocycles. The summed E-state index contributed by atoms with van der Waals surface area (Å²) in [6, 6.07) is 9.00. The summed E-state index contributed by atoms with van der Waals surface area (Å²) in [7, 11) is -3.19. The zero-order valence-electron chi connectivity index (χ0n) is 21.6. The van der Waals surface area contributed by atoms with Gasteiger partial charge in [0.1, 0.15) is 6.54 Å². The SMILES string of the molecule is CCCN(CCCCN1CCCN(C(=O)c2ccno2)CC1=O)C(C)Cc1ccc(S(C)(=O)=O)cc1. The van der Waals surface area contributed by atoms with Gasteiger partial charge in [0.2, 0.25) is 11.7 Å². The van der Waals surface area contributed by atoms with Gasteiger partial charge in [0.25, 0.3) is 5.91 Å². The maximum absolute atomic E-state index is 12.8. The molecule has 2 aromatic rings. The van der Waals surface area contributed by atoms with Crippen molar-refractivity contribution in [2.75, 3.05) is 45.5 Å². The lowest BCUT2D eigenvalue weighted by molar-refractivity contribution is -0.130. The number of benzene rings is 1. The second-order valence-corrected chi connectivity index (χ2v) is 11.6. The molecule has 0 spiro atoms. The minimum Gasteiger partial charge on any atom is -0.351 e. The van der Waals surface area contributed by atoms with Gasteiger partial charge in [-0.1, -0.05) is 24.2 Å². The second kappa shape index (κ2) is 13.0. The van der Waals surface area contributed by atoms with Crippen molar-refractivity contribution in [3.63, 3.8) is 0 Å². The van der Waals surface area contributed by atoms with Crippen LogP contribution in [0.1, 0.15) is 55.6 Å². The first-order valence-corrected chi connectivity index (χ1v) is 14.6. The van der Waals surface area contributed by atoms with E-state index < -0.39 is 9.84 Å². The highest BCUT2D eigenvalue weighted by atomic mass is 32.2. The summed E-state index contributed by atoms with van der Waals surface area (Å²) in [5.41, 5.74) is 1.12. The lowest BCUT2D eigenvalue weighted by atomic mass is 10.1. The standard InChI is InChI=1S/C26H38N4O5S/c1-4-14-28(21(2)19-22-8-10-23(11-9-22)36(3,33)34)15-5-6-16-29-17-7-18-30(20-25(29)31)26(32)24-12-13-27-35-24/h8-13,21H,4-7,14-20H2,1-3H3. The quantitative estimate of drug-likeness (QED) is 0.398. The highest BCUT2D eigenvalue weighted by Crippen LogP contribution is 2.15. The van der Waals surface area contributed by atoms with Gasteiger partial charge in [0.05, 0.1) is 11.1 Å². The number of carbonyl (C=O) groups is 2. The molecule has 0 bridgehead atoms. The molecule has 1 fully saturated rings. The Kier molecular flexibility index (Phi) is 10.1. The molecule has 1 aliphatic rings. The summed E-state index contributed by atoms with van der Waals surface area (Å²) in [5.74, 6) is -0.165. The van der Waals surface area contributed by atoms with Gasteiger partial charge in [-0.05, 0) is 69.8 Å². The van der Waals surface area contributed by atoms with E-state index in [1.807, 2.05) is 17.0 Å². The molecule has 0 aliphatic carbocycles.